The van der Waals surface area contributed by atoms with Crippen LogP contribution in [0.25, 0.3) is 0 Å². The molecule has 0 saturated carbocycles. The lowest BCUT2D eigenvalue weighted by Crippen LogP contribution is -2.44. The Bertz CT molecular complexity index is 585. The average molecular weight is 308 g/mol. The SMILES string of the molecule is CC(C)=CC(=O)N1CSC[C@@H]1C(=O)Nc1ccccc1F. The van der Waals surface area contributed by atoms with Gasteiger partial charge in [0.1, 0.15) is 11.9 Å². The highest BCUT2D eigenvalue weighted by Crippen LogP contribution is 2.23. The Kier molecular flexibility index (Phi) is 5.01. The molecule has 1 N–H and O–H groups in total. The molecule has 4 nitrogen and oxygen atoms in total. The molecule has 21 heavy (non-hydrogen) atoms. The van der Waals surface area contributed by atoms with Crippen molar-refractivity contribution in [2.75, 3.05) is 16.9 Å². The molecule has 1 atom stereocenters. The minimum absolute atomic E-state index is 0.133. The van der Waals surface area contributed by atoms with Gasteiger partial charge < -0.3 is 10.2 Å². The lowest BCUT2D eigenvalue weighted by atomic mass is 10.2. The summed E-state index contributed by atoms with van der Waals surface area (Å²) in [6.07, 6.45) is 1.51. The first-order valence-electron chi connectivity index (χ1n) is 6.57. The van der Waals surface area contributed by atoms with E-state index >= 15 is 0 Å². The van der Waals surface area contributed by atoms with Crippen molar-refractivity contribution >= 4 is 29.3 Å². The van der Waals surface area contributed by atoms with Gasteiger partial charge in [-0.2, -0.15) is 0 Å². The van der Waals surface area contributed by atoms with Crippen molar-refractivity contribution in [1.29, 1.82) is 0 Å². The number of benzene rings is 1. The number of carbonyl (C=O) groups is 2. The van der Waals surface area contributed by atoms with Gasteiger partial charge in [0.15, 0.2) is 0 Å². The van der Waals surface area contributed by atoms with Crippen LogP contribution in [0.4, 0.5) is 10.1 Å². The molecule has 2 amide bonds. The third-order valence-electron chi connectivity index (χ3n) is 3.01. The molecule has 0 radical (unpaired) electrons. The van der Waals surface area contributed by atoms with E-state index in [1.807, 2.05) is 13.8 Å². The van der Waals surface area contributed by atoms with Gasteiger partial charge in [0.25, 0.3) is 0 Å². The van der Waals surface area contributed by atoms with E-state index in [2.05, 4.69) is 5.32 Å². The maximum absolute atomic E-state index is 13.6. The molecule has 0 aliphatic carbocycles. The maximum Gasteiger partial charge on any atom is 0.248 e. The second kappa shape index (κ2) is 6.76. The monoisotopic (exact) mass is 308 g/mol. The fourth-order valence-corrected chi connectivity index (χ4v) is 3.15. The third-order valence-corrected chi connectivity index (χ3v) is 4.02. The Morgan fingerprint density at radius 2 is 2.10 bits per heavy atom. The van der Waals surface area contributed by atoms with Crippen LogP contribution < -0.4 is 5.32 Å². The number of anilines is 1. The molecule has 0 aromatic heterocycles. The Balaban J connectivity index is 2.09. The molecular formula is C15H17FN2O2S. The molecule has 1 aromatic rings. The average Bonchev–Trinajstić information content (AvgIpc) is 2.90. The van der Waals surface area contributed by atoms with E-state index in [1.54, 1.807) is 12.1 Å². The van der Waals surface area contributed by atoms with E-state index < -0.39 is 11.9 Å². The number of rotatable bonds is 3. The molecule has 6 heteroatoms. The van der Waals surface area contributed by atoms with Crippen molar-refractivity contribution in [3.63, 3.8) is 0 Å². The van der Waals surface area contributed by atoms with E-state index in [0.29, 0.717) is 11.6 Å². The molecule has 0 unspecified atom stereocenters. The minimum Gasteiger partial charge on any atom is -0.322 e. The van der Waals surface area contributed by atoms with Crippen LogP contribution in [-0.4, -0.2) is 34.4 Å². The van der Waals surface area contributed by atoms with Crippen LogP contribution in [0.15, 0.2) is 35.9 Å². The largest absolute Gasteiger partial charge is 0.322 e. The zero-order valence-electron chi connectivity index (χ0n) is 11.9. The number of allylic oxidation sites excluding steroid dienone is 1. The number of hydrogen-bond acceptors (Lipinski definition) is 3. The fraction of sp³-hybridized carbons (Fsp3) is 0.333. The second-order valence-corrected chi connectivity index (χ2v) is 6.01. The quantitative estimate of drug-likeness (QED) is 0.873. The van der Waals surface area contributed by atoms with Gasteiger partial charge in [-0.05, 0) is 26.0 Å². The Hall–Kier alpha value is -1.82. The summed E-state index contributed by atoms with van der Waals surface area (Å²) in [6.45, 7) is 3.66. The number of thioether (sulfide) groups is 1. The molecule has 1 aliphatic rings. The number of halogens is 1. The van der Waals surface area contributed by atoms with Crippen LogP contribution in [0, 0.1) is 5.82 Å². The fourth-order valence-electron chi connectivity index (χ4n) is 1.99. The van der Waals surface area contributed by atoms with Gasteiger partial charge in [-0.15, -0.1) is 11.8 Å². The van der Waals surface area contributed by atoms with Crippen molar-refractivity contribution in [3.8, 4) is 0 Å². The molecular weight excluding hydrogens is 291 g/mol. The molecule has 112 valence electrons. The highest BCUT2D eigenvalue weighted by molar-refractivity contribution is 7.99. The first-order valence-corrected chi connectivity index (χ1v) is 7.73. The minimum atomic E-state index is -0.572. The van der Waals surface area contributed by atoms with Gasteiger partial charge in [0.2, 0.25) is 11.8 Å². The van der Waals surface area contributed by atoms with Gasteiger partial charge in [0, 0.05) is 11.8 Å². The summed E-state index contributed by atoms with van der Waals surface area (Å²) in [5, 5.41) is 2.55. The van der Waals surface area contributed by atoms with Crippen LogP contribution in [0.3, 0.4) is 0 Å². The zero-order chi connectivity index (χ0) is 15.4. The van der Waals surface area contributed by atoms with Gasteiger partial charge >= 0.3 is 0 Å². The summed E-state index contributed by atoms with van der Waals surface area (Å²) in [6, 6.07) is 5.41. The van der Waals surface area contributed by atoms with Gasteiger partial charge in [0.05, 0.1) is 11.6 Å². The molecule has 1 fully saturated rings. The smallest absolute Gasteiger partial charge is 0.248 e. The molecule has 1 aliphatic heterocycles. The van der Waals surface area contributed by atoms with Crippen molar-refractivity contribution < 1.29 is 14.0 Å². The number of para-hydroxylation sites is 1. The zero-order valence-corrected chi connectivity index (χ0v) is 12.7. The lowest BCUT2D eigenvalue weighted by molar-refractivity contribution is -0.132. The van der Waals surface area contributed by atoms with Crippen LogP contribution in [-0.2, 0) is 9.59 Å². The number of nitrogens with zero attached hydrogens (tertiary/aromatic N) is 1. The topological polar surface area (TPSA) is 49.4 Å². The maximum atomic E-state index is 13.6. The number of hydrogen-bond donors (Lipinski definition) is 1. The van der Waals surface area contributed by atoms with Crippen LogP contribution in [0.2, 0.25) is 0 Å². The van der Waals surface area contributed by atoms with E-state index in [-0.39, 0.29) is 17.5 Å². The summed E-state index contributed by atoms with van der Waals surface area (Å²) in [7, 11) is 0. The molecule has 0 spiro atoms. The normalized spacial score (nSPS) is 17.5. The summed E-state index contributed by atoms with van der Waals surface area (Å²) in [4.78, 5) is 25.8. The van der Waals surface area contributed by atoms with Gasteiger partial charge in [-0.25, -0.2) is 4.39 Å². The first kappa shape index (κ1) is 15.6. The van der Waals surface area contributed by atoms with Crippen molar-refractivity contribution in [1.82, 2.24) is 4.90 Å². The highest BCUT2D eigenvalue weighted by Gasteiger charge is 2.34. The molecule has 1 saturated heterocycles. The van der Waals surface area contributed by atoms with Gasteiger partial charge in [-0.3, -0.25) is 9.59 Å². The Labute approximate surface area is 127 Å². The summed E-state index contributed by atoms with van der Waals surface area (Å²) in [5.41, 5.74) is 1.01. The van der Waals surface area contributed by atoms with Crippen LogP contribution in [0.5, 0.6) is 0 Å². The number of carbonyl (C=O) groups excluding carboxylic acids is 2. The second-order valence-electron chi connectivity index (χ2n) is 5.01. The van der Waals surface area contributed by atoms with Gasteiger partial charge in [-0.1, -0.05) is 17.7 Å². The molecule has 1 aromatic carbocycles. The first-order chi connectivity index (χ1) is 9.99. The molecule has 1 heterocycles. The van der Waals surface area contributed by atoms with Crippen molar-refractivity contribution in [2.24, 2.45) is 0 Å². The predicted molar refractivity (Wildman–Crippen MR) is 82.4 cm³/mol. The van der Waals surface area contributed by atoms with Crippen molar-refractivity contribution in [2.45, 2.75) is 19.9 Å². The number of nitrogens with one attached hydrogen (secondary N) is 1. The highest BCUT2D eigenvalue weighted by atomic mass is 32.2. The summed E-state index contributed by atoms with van der Waals surface area (Å²) < 4.78 is 13.6. The van der Waals surface area contributed by atoms with E-state index in [0.717, 1.165) is 5.57 Å². The molecule has 0 bridgehead atoms. The van der Waals surface area contributed by atoms with E-state index in [1.165, 1.54) is 34.9 Å². The lowest BCUT2D eigenvalue weighted by Gasteiger charge is -2.22. The summed E-state index contributed by atoms with van der Waals surface area (Å²) >= 11 is 1.51. The predicted octanol–water partition coefficient (Wildman–Crippen LogP) is 2.63. The Morgan fingerprint density at radius 1 is 1.38 bits per heavy atom. The Morgan fingerprint density at radius 3 is 2.76 bits per heavy atom. The van der Waals surface area contributed by atoms with E-state index in [9.17, 15) is 14.0 Å². The van der Waals surface area contributed by atoms with Crippen LogP contribution in [0.1, 0.15) is 13.8 Å². The third kappa shape index (κ3) is 3.85. The summed E-state index contributed by atoms with van der Waals surface area (Å²) in [5.74, 6) is -0.0476. The standard InChI is InChI=1S/C15H17FN2O2S/c1-10(2)7-14(19)18-9-21-8-13(18)15(20)17-12-6-4-3-5-11(12)16/h3-7,13H,8-9H2,1-2H3,(H,17,20)/t13-/m1/s1. The van der Waals surface area contributed by atoms with E-state index in [4.69, 9.17) is 0 Å². The number of amides is 2. The molecule has 2 rings (SSSR count). The van der Waals surface area contributed by atoms with Crippen LogP contribution >= 0.6 is 11.8 Å². The van der Waals surface area contributed by atoms with Crippen molar-refractivity contribution in [3.05, 3.63) is 41.7 Å².